The molecule has 0 aromatic heterocycles. The van der Waals surface area contributed by atoms with E-state index in [1.165, 1.54) is 0 Å². The maximum Gasteiger partial charge on any atom is 0.227 e. The van der Waals surface area contributed by atoms with Crippen molar-refractivity contribution in [1.82, 2.24) is 14.7 Å². The molecule has 0 N–H and O–H groups in total. The van der Waals surface area contributed by atoms with E-state index in [9.17, 15) is 9.59 Å². The number of carbonyl (C=O) groups is 2. The van der Waals surface area contributed by atoms with Gasteiger partial charge in [0.25, 0.3) is 0 Å². The molecule has 8 nitrogen and oxygen atoms in total. The molecule has 2 aliphatic heterocycles. The summed E-state index contributed by atoms with van der Waals surface area (Å²) in [5.74, 6) is 2.57. The minimum atomic E-state index is -0.0519. The van der Waals surface area contributed by atoms with Gasteiger partial charge in [0.15, 0.2) is 11.5 Å². The van der Waals surface area contributed by atoms with Crippen LogP contribution in [-0.4, -0.2) is 87.1 Å². The van der Waals surface area contributed by atoms with E-state index in [4.69, 9.17) is 14.2 Å². The molecule has 0 radical (unpaired) electrons. The molecule has 1 aliphatic carbocycles. The molecule has 4 rings (SSSR count). The summed E-state index contributed by atoms with van der Waals surface area (Å²) >= 11 is 0. The van der Waals surface area contributed by atoms with Gasteiger partial charge in [-0.25, -0.2) is 0 Å². The standard InChI is InChI=1S/C24H35N3O5/c1-30-20-9-8-18(21(31-2)22(20)32-3)15-25-11-13-26(14-12-25)24(29)19-5-4-10-27(16-19)23(28)17-6-7-17/h8-9,17,19H,4-7,10-16H2,1-3H3. The Labute approximate surface area is 190 Å². The van der Waals surface area contributed by atoms with Crippen molar-refractivity contribution in [2.75, 3.05) is 60.6 Å². The predicted molar refractivity (Wildman–Crippen MR) is 120 cm³/mol. The summed E-state index contributed by atoms with van der Waals surface area (Å²) in [4.78, 5) is 31.8. The molecule has 2 heterocycles. The number of piperazine rings is 1. The molecule has 2 saturated heterocycles. The van der Waals surface area contributed by atoms with Gasteiger partial charge in [0.1, 0.15) is 0 Å². The van der Waals surface area contributed by atoms with Crippen LogP contribution in [0.3, 0.4) is 0 Å². The number of rotatable bonds is 7. The summed E-state index contributed by atoms with van der Waals surface area (Å²) in [5, 5.41) is 0. The highest BCUT2D eigenvalue weighted by Crippen LogP contribution is 2.40. The van der Waals surface area contributed by atoms with E-state index >= 15 is 0 Å². The van der Waals surface area contributed by atoms with Crippen LogP contribution in [0.5, 0.6) is 17.2 Å². The summed E-state index contributed by atoms with van der Waals surface area (Å²) < 4.78 is 16.5. The molecule has 1 aromatic carbocycles. The van der Waals surface area contributed by atoms with Gasteiger partial charge in [-0.3, -0.25) is 14.5 Å². The fourth-order valence-electron chi connectivity index (χ4n) is 4.88. The normalized spacial score (nSPS) is 21.9. The summed E-state index contributed by atoms with van der Waals surface area (Å²) in [6.07, 6.45) is 3.84. The molecule has 1 aromatic rings. The minimum Gasteiger partial charge on any atom is -0.493 e. The predicted octanol–water partition coefficient (Wildman–Crippen LogP) is 2.01. The third kappa shape index (κ3) is 4.80. The number of methoxy groups -OCH3 is 3. The molecule has 3 aliphatic rings. The summed E-state index contributed by atoms with van der Waals surface area (Å²) in [6.45, 7) is 5.15. The average Bonchev–Trinajstić information content (AvgIpc) is 3.69. The lowest BCUT2D eigenvalue weighted by Crippen LogP contribution is -2.53. The first-order valence-electron chi connectivity index (χ1n) is 11.6. The molecule has 2 amide bonds. The SMILES string of the molecule is COc1ccc(CN2CCN(C(=O)C3CCCN(C(=O)C4CC4)C3)CC2)c(OC)c1OC. The largest absolute Gasteiger partial charge is 0.493 e. The van der Waals surface area contributed by atoms with E-state index in [1.807, 2.05) is 21.9 Å². The number of piperidine rings is 1. The van der Waals surface area contributed by atoms with Gasteiger partial charge in [0, 0.05) is 57.3 Å². The number of ether oxygens (including phenoxy) is 3. The molecule has 32 heavy (non-hydrogen) atoms. The van der Waals surface area contributed by atoms with Crippen molar-refractivity contribution in [3.63, 3.8) is 0 Å². The number of hydrogen-bond acceptors (Lipinski definition) is 6. The molecule has 8 heteroatoms. The van der Waals surface area contributed by atoms with E-state index in [0.29, 0.717) is 36.9 Å². The number of amides is 2. The average molecular weight is 446 g/mol. The van der Waals surface area contributed by atoms with Gasteiger partial charge in [-0.05, 0) is 31.7 Å². The van der Waals surface area contributed by atoms with E-state index in [2.05, 4.69) is 4.90 Å². The van der Waals surface area contributed by atoms with Crippen molar-refractivity contribution in [3.8, 4) is 17.2 Å². The van der Waals surface area contributed by atoms with Gasteiger partial charge < -0.3 is 24.0 Å². The van der Waals surface area contributed by atoms with Crippen LogP contribution in [0, 0.1) is 11.8 Å². The van der Waals surface area contributed by atoms with Crippen molar-refractivity contribution < 1.29 is 23.8 Å². The Morgan fingerprint density at radius 3 is 2.12 bits per heavy atom. The Morgan fingerprint density at radius 2 is 1.50 bits per heavy atom. The molecule has 1 saturated carbocycles. The van der Waals surface area contributed by atoms with Crippen molar-refractivity contribution in [2.24, 2.45) is 11.8 Å². The van der Waals surface area contributed by atoms with Gasteiger partial charge in [-0.1, -0.05) is 6.07 Å². The lowest BCUT2D eigenvalue weighted by atomic mass is 9.95. The number of carbonyl (C=O) groups excluding carboxylic acids is 2. The monoisotopic (exact) mass is 445 g/mol. The maximum atomic E-state index is 13.1. The summed E-state index contributed by atoms with van der Waals surface area (Å²) in [6, 6.07) is 3.90. The second-order valence-electron chi connectivity index (χ2n) is 8.99. The Morgan fingerprint density at radius 1 is 0.812 bits per heavy atom. The fourth-order valence-corrected chi connectivity index (χ4v) is 4.88. The third-order valence-electron chi connectivity index (χ3n) is 6.87. The highest BCUT2D eigenvalue weighted by molar-refractivity contribution is 5.83. The number of nitrogens with zero attached hydrogens (tertiary/aromatic N) is 3. The first kappa shape index (κ1) is 22.7. The number of benzene rings is 1. The topological polar surface area (TPSA) is 71.6 Å². The zero-order chi connectivity index (χ0) is 22.7. The Balaban J connectivity index is 1.32. The zero-order valence-corrected chi connectivity index (χ0v) is 19.5. The van der Waals surface area contributed by atoms with Crippen LogP contribution >= 0.6 is 0 Å². The van der Waals surface area contributed by atoms with Gasteiger partial charge in [0.2, 0.25) is 17.6 Å². The summed E-state index contributed by atoms with van der Waals surface area (Å²) in [7, 11) is 4.86. The quantitative estimate of drug-likeness (QED) is 0.639. The molecular weight excluding hydrogens is 410 g/mol. The van der Waals surface area contributed by atoms with Gasteiger partial charge in [0.05, 0.1) is 27.2 Å². The zero-order valence-electron chi connectivity index (χ0n) is 19.5. The second-order valence-corrected chi connectivity index (χ2v) is 8.99. The Hall–Kier alpha value is -2.48. The smallest absolute Gasteiger partial charge is 0.227 e. The summed E-state index contributed by atoms with van der Waals surface area (Å²) in [5.41, 5.74) is 1.03. The fraction of sp³-hybridized carbons (Fsp3) is 0.667. The molecule has 0 spiro atoms. The van der Waals surface area contributed by atoms with Gasteiger partial charge in [-0.15, -0.1) is 0 Å². The molecule has 1 atom stereocenters. The van der Waals surface area contributed by atoms with E-state index in [1.54, 1.807) is 21.3 Å². The van der Waals surface area contributed by atoms with Crippen molar-refractivity contribution in [1.29, 1.82) is 0 Å². The van der Waals surface area contributed by atoms with Crippen LogP contribution in [0.4, 0.5) is 0 Å². The van der Waals surface area contributed by atoms with E-state index < -0.39 is 0 Å². The first-order chi connectivity index (χ1) is 15.5. The van der Waals surface area contributed by atoms with Crippen LogP contribution in [0.25, 0.3) is 0 Å². The third-order valence-corrected chi connectivity index (χ3v) is 6.87. The van der Waals surface area contributed by atoms with Gasteiger partial charge in [-0.2, -0.15) is 0 Å². The van der Waals surface area contributed by atoms with Crippen molar-refractivity contribution in [3.05, 3.63) is 17.7 Å². The van der Waals surface area contributed by atoms with Crippen LogP contribution < -0.4 is 14.2 Å². The maximum absolute atomic E-state index is 13.1. The van der Waals surface area contributed by atoms with Crippen LogP contribution in [0.1, 0.15) is 31.2 Å². The Bertz CT molecular complexity index is 833. The van der Waals surface area contributed by atoms with Crippen molar-refractivity contribution in [2.45, 2.75) is 32.2 Å². The highest BCUT2D eigenvalue weighted by atomic mass is 16.5. The van der Waals surface area contributed by atoms with Crippen molar-refractivity contribution >= 4 is 11.8 Å². The minimum absolute atomic E-state index is 0.0519. The lowest BCUT2D eigenvalue weighted by Gasteiger charge is -2.39. The van der Waals surface area contributed by atoms with Gasteiger partial charge >= 0.3 is 0 Å². The first-order valence-corrected chi connectivity index (χ1v) is 11.6. The molecule has 1 unspecified atom stereocenters. The van der Waals surface area contributed by atoms with E-state index in [-0.39, 0.29) is 23.7 Å². The highest BCUT2D eigenvalue weighted by Gasteiger charge is 2.38. The second kappa shape index (κ2) is 9.98. The van der Waals surface area contributed by atoms with Crippen LogP contribution in [-0.2, 0) is 16.1 Å². The molecular formula is C24H35N3O5. The molecule has 176 valence electrons. The number of hydrogen-bond donors (Lipinski definition) is 0. The van der Waals surface area contributed by atoms with Crippen LogP contribution in [0.15, 0.2) is 12.1 Å². The number of likely N-dealkylation sites (tertiary alicyclic amines) is 1. The lowest BCUT2D eigenvalue weighted by molar-refractivity contribution is -0.142. The van der Waals surface area contributed by atoms with E-state index in [0.717, 1.165) is 57.4 Å². The molecule has 3 fully saturated rings. The Kier molecular flexibility index (Phi) is 7.08. The van der Waals surface area contributed by atoms with Crippen LogP contribution in [0.2, 0.25) is 0 Å². The molecule has 0 bridgehead atoms.